The van der Waals surface area contributed by atoms with Gasteiger partial charge >= 0.3 is 0 Å². The number of hydrogen-bond acceptors (Lipinski definition) is 6. The zero-order chi connectivity index (χ0) is 28.4. The number of nitrogens with zero attached hydrogens (tertiary/aromatic N) is 1. The maximum atomic E-state index is 13.5. The van der Waals surface area contributed by atoms with E-state index in [1.54, 1.807) is 13.2 Å². The van der Waals surface area contributed by atoms with Crippen LogP contribution in [0.2, 0.25) is 0 Å². The molecule has 6 nitrogen and oxygen atoms in total. The van der Waals surface area contributed by atoms with Gasteiger partial charge in [-0.15, -0.1) is 23.1 Å². The van der Waals surface area contributed by atoms with E-state index in [0.29, 0.717) is 10.8 Å². The van der Waals surface area contributed by atoms with Gasteiger partial charge in [0.1, 0.15) is 11.0 Å². The first-order valence-corrected chi connectivity index (χ1v) is 14.6. The first kappa shape index (κ1) is 27.9. The highest BCUT2D eigenvalue weighted by molar-refractivity contribution is 8.00. The van der Waals surface area contributed by atoms with Gasteiger partial charge in [0, 0.05) is 27.6 Å². The van der Waals surface area contributed by atoms with Crippen molar-refractivity contribution in [1.82, 2.24) is 4.98 Å². The van der Waals surface area contributed by atoms with Crippen LogP contribution in [-0.2, 0) is 9.59 Å². The largest absolute Gasteiger partial charge is 0.496 e. The summed E-state index contributed by atoms with van der Waals surface area (Å²) < 4.78 is 5.46. The quantitative estimate of drug-likeness (QED) is 0.130. The van der Waals surface area contributed by atoms with Crippen LogP contribution in [0.5, 0.6) is 5.75 Å². The maximum absolute atomic E-state index is 13.5. The standard InChI is InChI=1S/C33H27N3O3S2/c1-39-29-15-9-8-14-27(29)28-22-40-33(35-28)36-32(38)31(24-12-6-3-7-13-24)41-26-19-17-25(18-20-26)34-30(37)21-16-23-10-4-2-5-11-23/h2-22,31H,1H3,(H,34,37)(H,35,36,38)/b21-16+. The van der Waals surface area contributed by atoms with Gasteiger partial charge in [0.25, 0.3) is 0 Å². The fourth-order valence-electron chi connectivity index (χ4n) is 4.06. The van der Waals surface area contributed by atoms with Gasteiger partial charge in [-0.05, 0) is 53.6 Å². The first-order chi connectivity index (χ1) is 20.1. The van der Waals surface area contributed by atoms with Crippen molar-refractivity contribution < 1.29 is 14.3 Å². The Labute approximate surface area is 247 Å². The summed E-state index contributed by atoms with van der Waals surface area (Å²) in [5.74, 6) is 0.331. The second-order valence-corrected chi connectivity index (χ2v) is 10.9. The highest BCUT2D eigenvalue weighted by atomic mass is 32.2. The fourth-order valence-corrected chi connectivity index (χ4v) is 5.79. The van der Waals surface area contributed by atoms with Gasteiger partial charge in [-0.25, -0.2) is 4.98 Å². The molecule has 0 spiro atoms. The van der Waals surface area contributed by atoms with Crippen LogP contribution < -0.4 is 15.4 Å². The summed E-state index contributed by atoms with van der Waals surface area (Å²) in [6.07, 6.45) is 3.27. The molecule has 1 atom stereocenters. The van der Waals surface area contributed by atoms with Crippen molar-refractivity contribution in [3.8, 4) is 17.0 Å². The average molecular weight is 578 g/mol. The number of thiazole rings is 1. The lowest BCUT2D eigenvalue weighted by molar-refractivity contribution is -0.116. The Morgan fingerprint density at radius 3 is 2.27 bits per heavy atom. The monoisotopic (exact) mass is 577 g/mol. The summed E-state index contributed by atoms with van der Waals surface area (Å²) >= 11 is 2.80. The molecule has 5 rings (SSSR count). The molecule has 2 amide bonds. The van der Waals surface area contributed by atoms with E-state index in [1.807, 2.05) is 115 Å². The molecular formula is C33H27N3O3S2. The van der Waals surface area contributed by atoms with Crippen LogP contribution in [0.15, 0.2) is 126 Å². The number of ether oxygens (including phenoxy) is 1. The van der Waals surface area contributed by atoms with Crippen molar-refractivity contribution in [2.24, 2.45) is 0 Å². The van der Waals surface area contributed by atoms with Gasteiger partial charge in [-0.3, -0.25) is 9.59 Å². The molecule has 8 heteroatoms. The number of amides is 2. The zero-order valence-corrected chi connectivity index (χ0v) is 23.8. The van der Waals surface area contributed by atoms with Gasteiger partial charge in [0.2, 0.25) is 11.8 Å². The lowest BCUT2D eigenvalue weighted by Gasteiger charge is -2.16. The van der Waals surface area contributed by atoms with Gasteiger partial charge in [-0.1, -0.05) is 72.8 Å². The minimum absolute atomic E-state index is 0.175. The average Bonchev–Trinajstić information content (AvgIpc) is 3.48. The summed E-state index contributed by atoms with van der Waals surface area (Å²) in [6.45, 7) is 0. The highest BCUT2D eigenvalue weighted by Crippen LogP contribution is 2.38. The summed E-state index contributed by atoms with van der Waals surface area (Å²) in [6, 6.07) is 34.4. The van der Waals surface area contributed by atoms with Crippen molar-refractivity contribution in [2.75, 3.05) is 17.7 Å². The predicted octanol–water partition coefficient (Wildman–Crippen LogP) is 7.94. The van der Waals surface area contributed by atoms with Crippen molar-refractivity contribution in [3.05, 3.63) is 132 Å². The molecule has 0 fully saturated rings. The number of carbonyl (C=O) groups is 2. The molecule has 204 valence electrons. The van der Waals surface area contributed by atoms with E-state index in [4.69, 9.17) is 4.74 Å². The summed E-state index contributed by atoms with van der Waals surface area (Å²) in [5.41, 5.74) is 4.10. The molecule has 0 saturated heterocycles. The fraction of sp³-hybridized carbons (Fsp3) is 0.0606. The van der Waals surface area contributed by atoms with E-state index >= 15 is 0 Å². The van der Waals surface area contributed by atoms with Crippen LogP contribution in [-0.4, -0.2) is 23.9 Å². The van der Waals surface area contributed by atoms with E-state index in [9.17, 15) is 9.59 Å². The second kappa shape index (κ2) is 13.6. The van der Waals surface area contributed by atoms with Crippen molar-refractivity contribution in [3.63, 3.8) is 0 Å². The Bertz CT molecular complexity index is 1640. The minimum Gasteiger partial charge on any atom is -0.496 e. The summed E-state index contributed by atoms with van der Waals surface area (Å²) in [7, 11) is 1.62. The number of rotatable bonds is 10. The minimum atomic E-state index is -0.510. The van der Waals surface area contributed by atoms with Crippen LogP contribution in [0, 0.1) is 0 Å². The van der Waals surface area contributed by atoms with Crippen LogP contribution in [0.25, 0.3) is 17.3 Å². The van der Waals surface area contributed by atoms with Gasteiger partial charge in [0.05, 0.1) is 12.8 Å². The highest BCUT2D eigenvalue weighted by Gasteiger charge is 2.23. The van der Waals surface area contributed by atoms with Crippen LogP contribution in [0.1, 0.15) is 16.4 Å². The van der Waals surface area contributed by atoms with E-state index in [-0.39, 0.29) is 11.8 Å². The van der Waals surface area contributed by atoms with E-state index < -0.39 is 5.25 Å². The van der Waals surface area contributed by atoms with Crippen LogP contribution in [0.4, 0.5) is 10.8 Å². The summed E-state index contributed by atoms with van der Waals surface area (Å²) in [4.78, 5) is 31.4. The van der Waals surface area contributed by atoms with E-state index in [0.717, 1.165) is 33.0 Å². The van der Waals surface area contributed by atoms with E-state index in [1.165, 1.54) is 29.2 Å². The molecule has 0 bridgehead atoms. The molecule has 5 aromatic rings. The van der Waals surface area contributed by atoms with Crippen molar-refractivity contribution in [2.45, 2.75) is 10.1 Å². The summed E-state index contributed by atoms with van der Waals surface area (Å²) in [5, 5.41) is 7.78. The van der Waals surface area contributed by atoms with Crippen LogP contribution in [0.3, 0.4) is 0 Å². The first-order valence-electron chi connectivity index (χ1n) is 12.8. The third-order valence-corrected chi connectivity index (χ3v) is 8.08. The molecule has 41 heavy (non-hydrogen) atoms. The smallest absolute Gasteiger partial charge is 0.248 e. The molecule has 2 N–H and O–H groups in total. The number of aromatic nitrogens is 1. The Balaban J connectivity index is 1.27. The number of carbonyl (C=O) groups excluding carboxylic acids is 2. The Hall–Kier alpha value is -4.66. The molecule has 4 aromatic carbocycles. The molecule has 0 saturated carbocycles. The molecule has 1 aromatic heterocycles. The third-order valence-electron chi connectivity index (χ3n) is 6.06. The van der Waals surface area contributed by atoms with Gasteiger partial charge < -0.3 is 15.4 Å². The number of para-hydroxylation sites is 1. The topological polar surface area (TPSA) is 80.3 Å². The number of anilines is 2. The lowest BCUT2D eigenvalue weighted by atomic mass is 10.1. The number of thioether (sulfide) groups is 1. The molecule has 0 aliphatic rings. The molecule has 0 aliphatic carbocycles. The lowest BCUT2D eigenvalue weighted by Crippen LogP contribution is -2.19. The van der Waals surface area contributed by atoms with Gasteiger partial charge in [0.15, 0.2) is 5.13 Å². The van der Waals surface area contributed by atoms with Crippen molar-refractivity contribution >= 4 is 51.8 Å². The molecular weight excluding hydrogens is 551 g/mol. The second-order valence-electron chi connectivity index (χ2n) is 8.89. The third kappa shape index (κ3) is 7.51. The Morgan fingerprint density at radius 1 is 0.854 bits per heavy atom. The van der Waals surface area contributed by atoms with E-state index in [2.05, 4.69) is 15.6 Å². The maximum Gasteiger partial charge on any atom is 0.248 e. The Morgan fingerprint density at radius 2 is 1.54 bits per heavy atom. The predicted molar refractivity (Wildman–Crippen MR) is 168 cm³/mol. The number of nitrogens with one attached hydrogen (secondary N) is 2. The zero-order valence-electron chi connectivity index (χ0n) is 22.2. The Kier molecular flexibility index (Phi) is 9.26. The van der Waals surface area contributed by atoms with Crippen LogP contribution >= 0.6 is 23.1 Å². The molecule has 1 unspecified atom stereocenters. The SMILES string of the molecule is COc1ccccc1-c1csc(NC(=O)C(Sc2ccc(NC(=O)/C=C/c3ccccc3)cc2)c2ccccc2)n1. The van der Waals surface area contributed by atoms with Gasteiger partial charge in [-0.2, -0.15) is 0 Å². The molecule has 0 radical (unpaired) electrons. The normalized spacial score (nSPS) is 11.6. The molecule has 1 heterocycles. The number of methoxy groups -OCH3 is 1. The number of hydrogen-bond donors (Lipinski definition) is 2. The molecule has 0 aliphatic heterocycles. The number of benzene rings is 4. The van der Waals surface area contributed by atoms with Crippen molar-refractivity contribution in [1.29, 1.82) is 0 Å².